The molecule has 0 fully saturated rings. The Bertz CT molecular complexity index is 423. The first-order valence-corrected chi connectivity index (χ1v) is 4.28. The van der Waals surface area contributed by atoms with Gasteiger partial charge in [-0.15, -0.1) is 0 Å². The number of carbonyl (C=O) groups excluding carboxylic acids is 1. The fourth-order valence-corrected chi connectivity index (χ4v) is 1.26. The van der Waals surface area contributed by atoms with Crippen molar-refractivity contribution in [1.29, 1.82) is 5.39 Å². The first kappa shape index (κ1) is 13.4. The summed E-state index contributed by atoms with van der Waals surface area (Å²) in [5, 5.41) is 11.4. The molecule has 0 heterocycles. The predicted octanol–water partition coefficient (Wildman–Crippen LogP) is -0.250. The van der Waals surface area contributed by atoms with Crippen LogP contribution in [0.15, 0.2) is 12.1 Å². The van der Waals surface area contributed by atoms with Crippen LogP contribution in [0.3, 0.4) is 0 Å². The highest BCUT2D eigenvalue weighted by atomic mass is 35.5. The number of benzene rings is 1. The van der Waals surface area contributed by atoms with Crippen molar-refractivity contribution in [2.45, 2.75) is 20.8 Å². The maximum Gasteiger partial charge on any atom is 0.390 e. The Morgan fingerprint density at radius 3 is 2.47 bits per heavy atom. The van der Waals surface area contributed by atoms with Crippen LogP contribution in [-0.4, -0.2) is 5.91 Å². The van der Waals surface area contributed by atoms with Crippen LogP contribution in [0.2, 0.25) is 0 Å². The quantitative estimate of drug-likeness (QED) is 0.671. The van der Waals surface area contributed by atoms with Crippen LogP contribution in [0.1, 0.15) is 18.1 Å². The van der Waals surface area contributed by atoms with E-state index in [2.05, 4.69) is 10.3 Å². The Morgan fingerprint density at radius 2 is 2.00 bits per heavy atom. The first-order chi connectivity index (χ1) is 6.54. The fourth-order valence-electron chi connectivity index (χ4n) is 1.26. The van der Waals surface area contributed by atoms with Crippen molar-refractivity contribution in [2.75, 3.05) is 5.32 Å². The number of halogens is 1. The van der Waals surface area contributed by atoms with Crippen molar-refractivity contribution in [3.05, 3.63) is 28.2 Å². The van der Waals surface area contributed by atoms with E-state index < -0.39 is 0 Å². The Balaban J connectivity index is 0.00000196. The molecule has 0 aromatic heterocycles. The van der Waals surface area contributed by atoms with Crippen LogP contribution >= 0.6 is 0 Å². The number of anilines is 1. The molecule has 1 aromatic carbocycles. The van der Waals surface area contributed by atoms with Crippen molar-refractivity contribution >= 4 is 17.3 Å². The lowest BCUT2D eigenvalue weighted by atomic mass is 10.1. The number of hydrogen-bond donors (Lipinski definition) is 1. The Morgan fingerprint density at radius 1 is 1.40 bits per heavy atom. The highest BCUT2D eigenvalue weighted by Crippen LogP contribution is 2.27. The van der Waals surface area contributed by atoms with Crippen molar-refractivity contribution in [1.82, 2.24) is 0 Å². The molecule has 1 aromatic rings. The van der Waals surface area contributed by atoms with Gasteiger partial charge in [0.25, 0.3) is 0 Å². The molecule has 4 nitrogen and oxygen atoms in total. The number of carbonyl (C=O) groups is 1. The van der Waals surface area contributed by atoms with E-state index in [0.717, 1.165) is 11.1 Å². The molecular weight excluding hydrogens is 214 g/mol. The molecule has 0 atom stereocenters. The highest BCUT2D eigenvalue weighted by Gasteiger charge is 2.15. The Labute approximate surface area is 94.7 Å². The summed E-state index contributed by atoms with van der Waals surface area (Å²) >= 11 is 0. The summed E-state index contributed by atoms with van der Waals surface area (Å²) in [6.07, 6.45) is 0. The van der Waals surface area contributed by atoms with E-state index >= 15 is 0 Å². The fraction of sp³-hybridized carbons (Fsp3) is 0.300. The third kappa shape index (κ3) is 3.22. The van der Waals surface area contributed by atoms with Crippen molar-refractivity contribution < 1.29 is 17.2 Å². The van der Waals surface area contributed by atoms with Gasteiger partial charge in [-0.25, -0.2) is 0 Å². The summed E-state index contributed by atoms with van der Waals surface area (Å²) in [6, 6.07) is 3.59. The number of nitrogens with one attached hydrogen (secondary N) is 1. The minimum atomic E-state index is -0.136. The molecule has 1 rings (SSSR count). The Kier molecular flexibility index (Phi) is 4.75. The second-order valence-corrected chi connectivity index (χ2v) is 3.24. The van der Waals surface area contributed by atoms with Gasteiger partial charge in [-0.3, -0.25) is 4.79 Å². The van der Waals surface area contributed by atoms with Crippen LogP contribution in [0, 0.1) is 19.2 Å². The predicted molar refractivity (Wildman–Crippen MR) is 55.0 cm³/mol. The zero-order valence-corrected chi connectivity index (χ0v) is 9.59. The van der Waals surface area contributed by atoms with Gasteiger partial charge in [-0.1, -0.05) is 0 Å². The van der Waals surface area contributed by atoms with Crippen LogP contribution in [0.4, 0.5) is 11.4 Å². The van der Waals surface area contributed by atoms with Gasteiger partial charge in [-0.05, 0) is 25.5 Å². The molecule has 5 heteroatoms. The SMILES string of the molecule is CC(=O)Nc1cc(C)cc([N+]#N)c1C.[Cl-]. The van der Waals surface area contributed by atoms with E-state index in [4.69, 9.17) is 5.39 Å². The van der Waals surface area contributed by atoms with E-state index in [0.29, 0.717) is 11.4 Å². The molecule has 1 amide bonds. The molecular formula is C10H12ClN3O. The van der Waals surface area contributed by atoms with Crippen LogP contribution < -0.4 is 17.7 Å². The zero-order chi connectivity index (χ0) is 10.7. The standard InChI is InChI=1S/C10H11N3O.ClH/c1-6-4-9(12-8(3)14)7(2)10(5-6)13-11;/h4-5H,1-3H3;1H. The van der Waals surface area contributed by atoms with Gasteiger partial charge in [0.05, 0.1) is 11.3 Å². The first-order valence-electron chi connectivity index (χ1n) is 4.28. The molecule has 0 bridgehead atoms. The lowest BCUT2D eigenvalue weighted by Crippen LogP contribution is -3.00. The number of hydrogen-bond acceptors (Lipinski definition) is 2. The van der Waals surface area contributed by atoms with E-state index in [1.165, 1.54) is 6.92 Å². The average molecular weight is 226 g/mol. The minimum absolute atomic E-state index is 0. The summed E-state index contributed by atoms with van der Waals surface area (Å²) in [4.78, 5) is 14.0. The van der Waals surface area contributed by atoms with Gasteiger partial charge in [0.1, 0.15) is 0 Å². The summed E-state index contributed by atoms with van der Waals surface area (Å²) < 4.78 is 0. The molecule has 0 aliphatic carbocycles. The van der Waals surface area contributed by atoms with Crippen molar-refractivity contribution in [3.8, 4) is 0 Å². The normalized spacial score (nSPS) is 8.67. The van der Waals surface area contributed by atoms with Gasteiger partial charge in [0.15, 0.2) is 4.98 Å². The number of diazo groups is 1. The molecule has 80 valence electrons. The monoisotopic (exact) mass is 225 g/mol. The number of aryl methyl sites for hydroxylation is 1. The van der Waals surface area contributed by atoms with Crippen LogP contribution in [0.5, 0.6) is 0 Å². The van der Waals surface area contributed by atoms with Gasteiger partial charge in [0.2, 0.25) is 11.3 Å². The molecule has 0 radical (unpaired) electrons. The Hall–Kier alpha value is -1.60. The second-order valence-electron chi connectivity index (χ2n) is 3.24. The van der Waals surface area contributed by atoms with E-state index in [9.17, 15) is 4.79 Å². The molecule has 1 N–H and O–H groups in total. The van der Waals surface area contributed by atoms with Crippen LogP contribution in [0.25, 0.3) is 4.98 Å². The number of amides is 1. The lowest BCUT2D eigenvalue weighted by molar-refractivity contribution is -0.114. The third-order valence-corrected chi connectivity index (χ3v) is 1.94. The maximum absolute atomic E-state index is 10.9. The van der Waals surface area contributed by atoms with Gasteiger partial charge >= 0.3 is 5.69 Å². The number of rotatable bonds is 1. The summed E-state index contributed by atoms with van der Waals surface area (Å²) in [7, 11) is 0. The van der Waals surface area contributed by atoms with Gasteiger partial charge in [-0.2, -0.15) is 0 Å². The van der Waals surface area contributed by atoms with Gasteiger partial charge in [0, 0.05) is 13.0 Å². The summed E-state index contributed by atoms with van der Waals surface area (Å²) in [5.74, 6) is -0.136. The van der Waals surface area contributed by atoms with Crippen LogP contribution in [-0.2, 0) is 4.79 Å². The molecule has 0 aliphatic rings. The maximum atomic E-state index is 10.9. The smallest absolute Gasteiger partial charge is 0.390 e. The average Bonchev–Trinajstić information content (AvgIpc) is 2.09. The van der Waals surface area contributed by atoms with Crippen molar-refractivity contribution in [3.63, 3.8) is 0 Å². The van der Waals surface area contributed by atoms with Gasteiger partial charge < -0.3 is 17.7 Å². The molecule has 0 saturated heterocycles. The largest absolute Gasteiger partial charge is 1.00 e. The molecule has 15 heavy (non-hydrogen) atoms. The molecule has 0 spiro atoms. The van der Waals surface area contributed by atoms with Crippen molar-refractivity contribution in [2.24, 2.45) is 0 Å². The van der Waals surface area contributed by atoms with E-state index in [1.807, 2.05) is 13.0 Å². The molecule has 0 unspecified atom stereocenters. The van der Waals surface area contributed by atoms with E-state index in [1.54, 1.807) is 13.0 Å². The second kappa shape index (κ2) is 5.32. The zero-order valence-electron chi connectivity index (χ0n) is 8.84. The lowest BCUT2D eigenvalue weighted by Gasteiger charge is -2.04. The minimum Gasteiger partial charge on any atom is -1.00 e. The summed E-state index contributed by atoms with van der Waals surface area (Å²) in [5.41, 5.74) is 2.86. The molecule has 0 saturated carbocycles. The topological polar surface area (TPSA) is 57.2 Å². The third-order valence-electron chi connectivity index (χ3n) is 1.94. The highest BCUT2D eigenvalue weighted by molar-refractivity contribution is 5.90. The van der Waals surface area contributed by atoms with E-state index in [-0.39, 0.29) is 18.3 Å². The number of nitrogens with zero attached hydrogens (tertiary/aromatic N) is 2. The molecule has 0 aliphatic heterocycles. The summed E-state index contributed by atoms with van der Waals surface area (Å²) in [6.45, 7) is 5.11.